The molecule has 0 fully saturated rings. The molecule has 0 saturated heterocycles. The highest BCUT2D eigenvalue weighted by Gasteiger charge is 2.07. The first-order valence-corrected chi connectivity index (χ1v) is 4.86. The summed E-state index contributed by atoms with van der Waals surface area (Å²) in [6, 6.07) is 0. The number of terminal acetylenes is 1. The molecule has 0 amide bonds. The summed E-state index contributed by atoms with van der Waals surface area (Å²) >= 11 is 0. The fraction of sp³-hybridized carbons (Fsp3) is 0.667. The van der Waals surface area contributed by atoms with Crippen molar-refractivity contribution in [2.45, 2.75) is 33.6 Å². The summed E-state index contributed by atoms with van der Waals surface area (Å²) in [4.78, 5) is 0. The molecule has 13 heavy (non-hydrogen) atoms. The third kappa shape index (κ3) is 5.36. The average molecular weight is 180 g/mol. The smallest absolute Gasteiger partial charge is 0.0914 e. The summed E-state index contributed by atoms with van der Waals surface area (Å²) in [6.45, 7) is 10.8. The van der Waals surface area contributed by atoms with Crippen LogP contribution in [0.5, 0.6) is 0 Å². The topological polar surface area (TPSA) is 9.23 Å². The maximum absolute atomic E-state index is 5.52. The van der Waals surface area contributed by atoms with Gasteiger partial charge in [-0.2, -0.15) is 0 Å². The predicted octanol–water partition coefficient (Wildman–Crippen LogP) is 3.22. The molecule has 0 spiro atoms. The van der Waals surface area contributed by atoms with Crippen molar-refractivity contribution in [1.82, 2.24) is 0 Å². The van der Waals surface area contributed by atoms with Crippen LogP contribution in [0.2, 0.25) is 0 Å². The molecule has 0 rings (SSSR count). The molecule has 1 unspecified atom stereocenters. The first-order chi connectivity index (χ1) is 6.11. The second-order valence-corrected chi connectivity index (χ2v) is 3.61. The van der Waals surface area contributed by atoms with E-state index in [0.29, 0.717) is 18.4 Å². The second kappa shape index (κ2) is 6.60. The van der Waals surface area contributed by atoms with Gasteiger partial charge < -0.3 is 4.74 Å². The Morgan fingerprint density at radius 1 is 1.54 bits per heavy atom. The number of ether oxygens (including phenoxy) is 1. The third-order valence-corrected chi connectivity index (χ3v) is 2.13. The van der Waals surface area contributed by atoms with Crippen molar-refractivity contribution in [2.24, 2.45) is 11.8 Å². The van der Waals surface area contributed by atoms with Crippen LogP contribution in [0.1, 0.15) is 33.6 Å². The Labute approximate surface area is 82.2 Å². The van der Waals surface area contributed by atoms with Gasteiger partial charge in [0.1, 0.15) is 0 Å². The standard InChI is InChI=1S/C12H20O/c1-6-8-12(7-2)9-13-11(5)10(3)4/h1,10,12H,5,7-9H2,2-4H3. The molecule has 1 atom stereocenters. The molecule has 0 aliphatic heterocycles. The zero-order chi connectivity index (χ0) is 10.3. The van der Waals surface area contributed by atoms with Crippen LogP contribution < -0.4 is 0 Å². The lowest BCUT2D eigenvalue weighted by Gasteiger charge is -2.16. The van der Waals surface area contributed by atoms with Crippen LogP contribution in [0.25, 0.3) is 0 Å². The van der Waals surface area contributed by atoms with Crippen LogP contribution in [0.3, 0.4) is 0 Å². The summed E-state index contributed by atoms with van der Waals surface area (Å²) < 4.78 is 5.52. The van der Waals surface area contributed by atoms with Crippen LogP contribution in [0, 0.1) is 24.2 Å². The average Bonchev–Trinajstić information content (AvgIpc) is 2.11. The first kappa shape index (κ1) is 12.1. The van der Waals surface area contributed by atoms with Gasteiger partial charge in [0, 0.05) is 18.3 Å². The van der Waals surface area contributed by atoms with E-state index >= 15 is 0 Å². The number of allylic oxidation sites excluding steroid dienone is 1. The van der Waals surface area contributed by atoms with Crippen LogP contribution in [-0.4, -0.2) is 6.61 Å². The lowest BCUT2D eigenvalue weighted by molar-refractivity contribution is 0.145. The minimum absolute atomic E-state index is 0.392. The molecular weight excluding hydrogens is 160 g/mol. The largest absolute Gasteiger partial charge is 0.498 e. The van der Waals surface area contributed by atoms with E-state index in [0.717, 1.165) is 18.6 Å². The van der Waals surface area contributed by atoms with Crippen molar-refractivity contribution in [1.29, 1.82) is 0 Å². The van der Waals surface area contributed by atoms with Crippen molar-refractivity contribution in [3.8, 4) is 12.3 Å². The molecule has 74 valence electrons. The quantitative estimate of drug-likeness (QED) is 0.450. The highest BCUT2D eigenvalue weighted by molar-refractivity contribution is 4.89. The number of rotatable bonds is 6. The van der Waals surface area contributed by atoms with E-state index in [-0.39, 0.29) is 0 Å². The SMILES string of the molecule is C#CCC(CC)COC(=C)C(C)C. The van der Waals surface area contributed by atoms with Crippen LogP contribution in [0.15, 0.2) is 12.3 Å². The summed E-state index contributed by atoms with van der Waals surface area (Å²) in [5.41, 5.74) is 0. The summed E-state index contributed by atoms with van der Waals surface area (Å²) in [7, 11) is 0. The highest BCUT2D eigenvalue weighted by atomic mass is 16.5. The lowest BCUT2D eigenvalue weighted by atomic mass is 10.0. The fourth-order valence-corrected chi connectivity index (χ4v) is 0.879. The molecule has 0 bridgehead atoms. The normalized spacial score (nSPS) is 12.2. The Kier molecular flexibility index (Phi) is 6.14. The Hall–Kier alpha value is -0.900. The number of hydrogen-bond donors (Lipinski definition) is 0. The van der Waals surface area contributed by atoms with Gasteiger partial charge in [-0.15, -0.1) is 12.3 Å². The van der Waals surface area contributed by atoms with Gasteiger partial charge in [-0.25, -0.2) is 0 Å². The Morgan fingerprint density at radius 3 is 2.54 bits per heavy atom. The van der Waals surface area contributed by atoms with Crippen molar-refractivity contribution in [3.63, 3.8) is 0 Å². The Bertz CT molecular complexity index is 186. The molecule has 0 heterocycles. The molecule has 0 aromatic heterocycles. The monoisotopic (exact) mass is 180 g/mol. The van der Waals surface area contributed by atoms with E-state index in [4.69, 9.17) is 11.2 Å². The van der Waals surface area contributed by atoms with Gasteiger partial charge in [-0.05, 0) is 6.42 Å². The van der Waals surface area contributed by atoms with Crippen LogP contribution in [0.4, 0.5) is 0 Å². The Balaban J connectivity index is 3.73. The second-order valence-electron chi connectivity index (χ2n) is 3.61. The van der Waals surface area contributed by atoms with E-state index in [1.54, 1.807) is 0 Å². The van der Waals surface area contributed by atoms with Gasteiger partial charge in [0.2, 0.25) is 0 Å². The van der Waals surface area contributed by atoms with Crippen LogP contribution >= 0.6 is 0 Å². The van der Waals surface area contributed by atoms with Crippen molar-refractivity contribution in [2.75, 3.05) is 6.61 Å². The van der Waals surface area contributed by atoms with E-state index in [1.165, 1.54) is 0 Å². The van der Waals surface area contributed by atoms with E-state index < -0.39 is 0 Å². The van der Waals surface area contributed by atoms with Gasteiger partial charge in [0.15, 0.2) is 0 Å². The zero-order valence-electron chi connectivity index (χ0n) is 8.97. The Morgan fingerprint density at radius 2 is 2.15 bits per heavy atom. The van der Waals surface area contributed by atoms with Gasteiger partial charge in [-0.3, -0.25) is 0 Å². The van der Waals surface area contributed by atoms with Crippen molar-refractivity contribution in [3.05, 3.63) is 12.3 Å². The minimum Gasteiger partial charge on any atom is -0.498 e. The van der Waals surface area contributed by atoms with E-state index in [9.17, 15) is 0 Å². The maximum atomic E-state index is 5.52. The van der Waals surface area contributed by atoms with Gasteiger partial charge in [0.05, 0.1) is 12.4 Å². The van der Waals surface area contributed by atoms with Crippen molar-refractivity contribution >= 4 is 0 Å². The molecule has 0 saturated carbocycles. The van der Waals surface area contributed by atoms with E-state index in [2.05, 4.69) is 33.3 Å². The predicted molar refractivity (Wildman–Crippen MR) is 57.2 cm³/mol. The molecule has 1 nitrogen and oxygen atoms in total. The van der Waals surface area contributed by atoms with Crippen LogP contribution in [-0.2, 0) is 4.74 Å². The summed E-state index contributed by atoms with van der Waals surface area (Å²) in [5, 5.41) is 0. The molecule has 1 heteroatoms. The number of hydrogen-bond acceptors (Lipinski definition) is 1. The van der Waals surface area contributed by atoms with E-state index in [1.807, 2.05) is 0 Å². The molecule has 0 aromatic rings. The molecular formula is C12H20O. The van der Waals surface area contributed by atoms with Gasteiger partial charge in [0.25, 0.3) is 0 Å². The molecule has 0 aliphatic rings. The maximum Gasteiger partial charge on any atom is 0.0914 e. The minimum atomic E-state index is 0.392. The molecule has 0 radical (unpaired) electrons. The zero-order valence-corrected chi connectivity index (χ0v) is 8.97. The fourth-order valence-electron chi connectivity index (χ4n) is 0.879. The summed E-state index contributed by atoms with van der Waals surface area (Å²) in [6.07, 6.45) is 7.10. The van der Waals surface area contributed by atoms with Gasteiger partial charge >= 0.3 is 0 Å². The lowest BCUT2D eigenvalue weighted by Crippen LogP contribution is -2.09. The van der Waals surface area contributed by atoms with Gasteiger partial charge in [-0.1, -0.05) is 27.4 Å². The molecule has 0 N–H and O–H groups in total. The highest BCUT2D eigenvalue weighted by Crippen LogP contribution is 2.13. The van der Waals surface area contributed by atoms with Crippen molar-refractivity contribution < 1.29 is 4.74 Å². The third-order valence-electron chi connectivity index (χ3n) is 2.13. The summed E-state index contributed by atoms with van der Waals surface area (Å²) in [5.74, 6) is 4.38. The molecule has 0 aliphatic carbocycles. The molecule has 0 aromatic carbocycles. The first-order valence-electron chi connectivity index (χ1n) is 4.86.